The van der Waals surface area contributed by atoms with E-state index in [9.17, 15) is 0 Å². The third-order valence-electron chi connectivity index (χ3n) is 2.78. The molecule has 78 valence electrons. The third kappa shape index (κ3) is 2.47. The zero-order valence-corrected chi connectivity index (χ0v) is 8.98. The van der Waals surface area contributed by atoms with Gasteiger partial charge in [0, 0.05) is 25.0 Å². The molecule has 1 aromatic heterocycles. The van der Waals surface area contributed by atoms with Crippen LogP contribution in [0.4, 0.5) is 5.69 Å². The van der Waals surface area contributed by atoms with Crippen LogP contribution in [-0.2, 0) is 0 Å². The minimum atomic E-state index is 0.502. The lowest BCUT2D eigenvalue weighted by Crippen LogP contribution is -2.25. The molecule has 0 spiro atoms. The van der Waals surface area contributed by atoms with Crippen molar-refractivity contribution in [2.75, 3.05) is 18.0 Å². The summed E-state index contributed by atoms with van der Waals surface area (Å²) < 4.78 is 0. The predicted octanol–water partition coefficient (Wildman–Crippen LogP) is 2.19. The van der Waals surface area contributed by atoms with Gasteiger partial charge in [0.1, 0.15) is 11.8 Å². The number of aromatic nitrogens is 1. The van der Waals surface area contributed by atoms with Crippen LogP contribution in [0.1, 0.15) is 25.5 Å². The van der Waals surface area contributed by atoms with Crippen molar-refractivity contribution >= 4 is 5.69 Å². The number of hydrogen-bond acceptors (Lipinski definition) is 3. The lowest BCUT2D eigenvalue weighted by molar-refractivity contribution is 0.741. The monoisotopic (exact) mass is 201 g/mol. The first-order valence-corrected chi connectivity index (χ1v) is 5.44. The Kier molecular flexibility index (Phi) is 2.86. The highest BCUT2D eigenvalue weighted by Crippen LogP contribution is 2.31. The second kappa shape index (κ2) is 4.31. The molecule has 0 N–H and O–H groups in total. The molecule has 0 radical (unpaired) electrons. The van der Waals surface area contributed by atoms with Gasteiger partial charge in [0.25, 0.3) is 0 Å². The molecule has 0 atom stereocenters. The van der Waals surface area contributed by atoms with Crippen LogP contribution in [-0.4, -0.2) is 18.1 Å². The molecule has 2 rings (SSSR count). The second-order valence-corrected chi connectivity index (χ2v) is 3.99. The summed E-state index contributed by atoms with van der Waals surface area (Å²) in [4.78, 5) is 6.30. The molecule has 0 amide bonds. The first-order valence-electron chi connectivity index (χ1n) is 5.44. The average molecular weight is 201 g/mol. The van der Waals surface area contributed by atoms with Gasteiger partial charge < -0.3 is 4.90 Å². The molecule has 1 heterocycles. The Labute approximate surface area is 90.4 Å². The molecule has 1 aromatic rings. The van der Waals surface area contributed by atoms with Crippen LogP contribution in [0, 0.1) is 17.2 Å². The van der Waals surface area contributed by atoms with Crippen molar-refractivity contribution in [3.8, 4) is 6.07 Å². The number of pyridine rings is 1. The largest absolute Gasteiger partial charge is 0.371 e. The van der Waals surface area contributed by atoms with E-state index >= 15 is 0 Å². The zero-order chi connectivity index (χ0) is 10.7. The predicted molar refractivity (Wildman–Crippen MR) is 59.6 cm³/mol. The van der Waals surface area contributed by atoms with Gasteiger partial charge in [-0.3, -0.25) is 0 Å². The topological polar surface area (TPSA) is 39.9 Å². The maximum atomic E-state index is 8.78. The summed E-state index contributed by atoms with van der Waals surface area (Å²) in [5, 5.41) is 8.78. The van der Waals surface area contributed by atoms with E-state index < -0.39 is 0 Å². The smallest absolute Gasteiger partial charge is 0.142 e. The lowest BCUT2D eigenvalue weighted by Gasteiger charge is -2.22. The quantitative estimate of drug-likeness (QED) is 0.749. The van der Waals surface area contributed by atoms with Crippen molar-refractivity contribution in [1.82, 2.24) is 4.98 Å². The summed E-state index contributed by atoms with van der Waals surface area (Å²) in [5.41, 5.74) is 1.62. The fraction of sp³-hybridized carbons (Fsp3) is 0.500. The summed E-state index contributed by atoms with van der Waals surface area (Å²) in [6.45, 7) is 4.26. The van der Waals surface area contributed by atoms with E-state index in [-0.39, 0.29) is 0 Å². The SMILES string of the molecule is CCN(CC1CC1)c1ccnc(C#N)c1. The van der Waals surface area contributed by atoms with Crippen LogP contribution >= 0.6 is 0 Å². The number of hydrogen-bond donors (Lipinski definition) is 0. The molecule has 0 bridgehead atoms. The molecular formula is C12H15N3. The van der Waals surface area contributed by atoms with Gasteiger partial charge in [-0.25, -0.2) is 4.98 Å². The first kappa shape index (κ1) is 9.97. The molecule has 3 nitrogen and oxygen atoms in total. The van der Waals surface area contributed by atoms with Crippen molar-refractivity contribution in [1.29, 1.82) is 5.26 Å². The van der Waals surface area contributed by atoms with E-state index in [2.05, 4.69) is 22.9 Å². The van der Waals surface area contributed by atoms with E-state index in [1.807, 2.05) is 12.1 Å². The van der Waals surface area contributed by atoms with Gasteiger partial charge in [-0.2, -0.15) is 5.26 Å². The molecular weight excluding hydrogens is 186 g/mol. The summed E-state index contributed by atoms with van der Waals surface area (Å²) in [6.07, 6.45) is 4.42. The van der Waals surface area contributed by atoms with E-state index in [0.717, 1.165) is 24.7 Å². The average Bonchev–Trinajstić information content (AvgIpc) is 3.10. The van der Waals surface area contributed by atoms with Gasteiger partial charge in [0.05, 0.1) is 0 Å². The highest BCUT2D eigenvalue weighted by Gasteiger charge is 2.23. The van der Waals surface area contributed by atoms with Gasteiger partial charge in [-0.1, -0.05) is 0 Å². The number of rotatable bonds is 4. The summed E-state index contributed by atoms with van der Waals surface area (Å²) in [5.74, 6) is 0.864. The maximum absolute atomic E-state index is 8.78. The minimum absolute atomic E-state index is 0.502. The molecule has 1 saturated carbocycles. The van der Waals surface area contributed by atoms with Crippen LogP contribution in [0.15, 0.2) is 18.3 Å². The van der Waals surface area contributed by atoms with E-state index in [1.54, 1.807) is 6.20 Å². The Balaban J connectivity index is 2.13. The van der Waals surface area contributed by atoms with Crippen molar-refractivity contribution in [3.05, 3.63) is 24.0 Å². The van der Waals surface area contributed by atoms with Gasteiger partial charge >= 0.3 is 0 Å². The number of nitriles is 1. The van der Waals surface area contributed by atoms with Crippen molar-refractivity contribution in [3.63, 3.8) is 0 Å². The van der Waals surface area contributed by atoms with Gasteiger partial charge in [0.2, 0.25) is 0 Å². The van der Waals surface area contributed by atoms with Crippen LogP contribution in [0.3, 0.4) is 0 Å². The van der Waals surface area contributed by atoms with Crippen LogP contribution in [0.25, 0.3) is 0 Å². The Morgan fingerprint density at radius 3 is 3.00 bits per heavy atom. The molecule has 1 aliphatic carbocycles. The Morgan fingerprint density at radius 1 is 1.60 bits per heavy atom. The Morgan fingerprint density at radius 2 is 2.40 bits per heavy atom. The highest BCUT2D eigenvalue weighted by molar-refractivity contribution is 5.48. The highest BCUT2D eigenvalue weighted by atomic mass is 15.1. The minimum Gasteiger partial charge on any atom is -0.371 e. The summed E-state index contributed by atoms with van der Waals surface area (Å²) >= 11 is 0. The third-order valence-corrected chi connectivity index (χ3v) is 2.78. The molecule has 0 saturated heterocycles. The normalized spacial score (nSPS) is 14.7. The molecule has 0 aliphatic heterocycles. The maximum Gasteiger partial charge on any atom is 0.142 e. The van der Waals surface area contributed by atoms with Crippen molar-refractivity contribution in [2.45, 2.75) is 19.8 Å². The van der Waals surface area contributed by atoms with Gasteiger partial charge in [-0.15, -0.1) is 0 Å². The van der Waals surface area contributed by atoms with E-state index in [4.69, 9.17) is 5.26 Å². The van der Waals surface area contributed by atoms with Crippen molar-refractivity contribution < 1.29 is 0 Å². The second-order valence-electron chi connectivity index (χ2n) is 3.99. The fourth-order valence-corrected chi connectivity index (χ4v) is 1.71. The first-order chi connectivity index (χ1) is 7.33. The molecule has 1 aliphatic rings. The van der Waals surface area contributed by atoms with Crippen molar-refractivity contribution in [2.24, 2.45) is 5.92 Å². The molecule has 0 aromatic carbocycles. The standard InChI is InChI=1S/C12H15N3/c1-2-15(9-10-3-4-10)12-5-6-14-11(7-12)8-13/h5-7,10H,2-4,9H2,1H3. The summed E-state index contributed by atoms with van der Waals surface area (Å²) in [7, 11) is 0. The van der Waals surface area contributed by atoms with E-state index in [0.29, 0.717) is 5.69 Å². The van der Waals surface area contributed by atoms with Gasteiger partial charge in [-0.05, 0) is 37.8 Å². The van der Waals surface area contributed by atoms with Gasteiger partial charge in [0.15, 0.2) is 0 Å². The Hall–Kier alpha value is -1.56. The fourth-order valence-electron chi connectivity index (χ4n) is 1.71. The van der Waals surface area contributed by atoms with E-state index in [1.165, 1.54) is 12.8 Å². The zero-order valence-electron chi connectivity index (χ0n) is 8.98. The van der Waals surface area contributed by atoms with Crippen LogP contribution < -0.4 is 4.90 Å². The molecule has 3 heteroatoms. The van der Waals surface area contributed by atoms with Crippen LogP contribution in [0.2, 0.25) is 0 Å². The van der Waals surface area contributed by atoms with Crippen LogP contribution in [0.5, 0.6) is 0 Å². The lowest BCUT2D eigenvalue weighted by atomic mass is 10.2. The number of nitrogens with zero attached hydrogens (tertiary/aromatic N) is 3. The number of anilines is 1. The Bertz CT molecular complexity index is 377. The molecule has 0 unspecified atom stereocenters. The molecule has 1 fully saturated rings. The molecule has 15 heavy (non-hydrogen) atoms. The summed E-state index contributed by atoms with van der Waals surface area (Å²) in [6, 6.07) is 5.92.